The highest BCUT2D eigenvalue weighted by Crippen LogP contribution is 2.33. The van der Waals surface area contributed by atoms with Gasteiger partial charge in [0.25, 0.3) is 5.76 Å². The summed E-state index contributed by atoms with van der Waals surface area (Å²) in [4.78, 5) is 15.6. The van der Waals surface area contributed by atoms with Gasteiger partial charge in [-0.2, -0.15) is 22.2 Å². The summed E-state index contributed by atoms with van der Waals surface area (Å²) in [5.74, 6) is -3.45. The Hall–Kier alpha value is -1.26. The Bertz CT molecular complexity index is 764. The molecular weight excluding hydrogens is 371 g/mol. The van der Waals surface area contributed by atoms with E-state index in [1.54, 1.807) is 0 Å². The maximum absolute atomic E-state index is 12.8. The van der Waals surface area contributed by atoms with Crippen LogP contribution < -0.4 is 5.69 Å². The van der Waals surface area contributed by atoms with Crippen molar-refractivity contribution in [1.29, 1.82) is 0 Å². The van der Waals surface area contributed by atoms with Gasteiger partial charge in [-0.1, -0.05) is 23.2 Å². The van der Waals surface area contributed by atoms with Gasteiger partial charge in [0.1, 0.15) is 10.9 Å². The van der Waals surface area contributed by atoms with Crippen molar-refractivity contribution in [2.75, 3.05) is 0 Å². The number of thioether (sulfide) groups is 1. The lowest BCUT2D eigenvalue weighted by Crippen LogP contribution is -2.25. The van der Waals surface area contributed by atoms with Crippen molar-refractivity contribution in [3.05, 3.63) is 32.4 Å². The minimum Gasteiger partial charge on any atom is -0.245 e. The number of aryl methyl sites for hydroxylation is 1. The topological polar surface area (TPSA) is 52.7 Å². The molecule has 0 spiro atoms. The van der Waals surface area contributed by atoms with Crippen molar-refractivity contribution in [1.82, 2.24) is 19.3 Å². The molecule has 0 saturated heterocycles. The van der Waals surface area contributed by atoms with Crippen molar-refractivity contribution < 1.29 is 17.6 Å². The molecule has 0 aliphatic heterocycles. The lowest BCUT2D eigenvalue weighted by atomic mass is 10.4. The zero-order chi connectivity index (χ0) is 16.6. The van der Waals surface area contributed by atoms with Crippen LogP contribution in [0.5, 0.6) is 0 Å². The van der Waals surface area contributed by atoms with Crippen molar-refractivity contribution in [2.24, 2.45) is 0 Å². The molecule has 22 heavy (non-hydrogen) atoms. The van der Waals surface area contributed by atoms with E-state index in [2.05, 4.69) is 10.1 Å². The van der Waals surface area contributed by atoms with E-state index in [0.29, 0.717) is 4.68 Å². The van der Waals surface area contributed by atoms with Gasteiger partial charge >= 0.3 is 12.2 Å². The molecule has 0 N–H and O–H groups in total. The Morgan fingerprint density at radius 3 is 2.36 bits per heavy atom. The Kier molecular flexibility index (Phi) is 5.03. The van der Waals surface area contributed by atoms with Crippen LogP contribution in [0.3, 0.4) is 0 Å². The normalized spacial score (nSPS) is 11.7. The minimum atomic E-state index is -3.11. The van der Waals surface area contributed by atoms with Crippen LogP contribution >= 0.6 is 35.0 Å². The summed E-state index contributed by atoms with van der Waals surface area (Å²) >= 11 is 11.6. The molecule has 12 heteroatoms. The molecule has 0 radical (unpaired) electrons. The van der Waals surface area contributed by atoms with Gasteiger partial charge in [-0.25, -0.2) is 14.3 Å². The highest BCUT2D eigenvalue weighted by molar-refractivity contribution is 7.99. The molecule has 5 nitrogen and oxygen atoms in total. The largest absolute Gasteiger partial charge is 0.356 e. The zero-order valence-electron chi connectivity index (χ0n) is 10.6. The number of hydrogen-bond acceptors (Lipinski definition) is 4. The SMILES string of the molecule is Cc1nn(-c2nc(SC(F)F)c(Cl)cc2Cl)c(=O)n1C(F)F. The van der Waals surface area contributed by atoms with E-state index in [4.69, 9.17) is 23.2 Å². The fourth-order valence-electron chi connectivity index (χ4n) is 1.59. The number of rotatable bonds is 4. The third-order valence-electron chi connectivity index (χ3n) is 2.46. The average Bonchev–Trinajstić information content (AvgIpc) is 2.67. The maximum Gasteiger partial charge on any atom is 0.356 e. The molecule has 0 amide bonds. The zero-order valence-corrected chi connectivity index (χ0v) is 12.9. The average molecular weight is 377 g/mol. The highest BCUT2D eigenvalue weighted by atomic mass is 35.5. The molecule has 0 aliphatic carbocycles. The molecule has 2 aromatic heterocycles. The molecule has 0 aromatic carbocycles. The summed E-state index contributed by atoms with van der Waals surface area (Å²) in [6.07, 6.45) is 0. The minimum absolute atomic E-state index is 0.0326. The molecule has 120 valence electrons. The van der Waals surface area contributed by atoms with Crippen molar-refractivity contribution in [2.45, 2.75) is 24.3 Å². The number of nitrogens with zero attached hydrogens (tertiary/aromatic N) is 4. The standard InChI is InChI=1S/C10H6Cl2F4N4OS/c1-3-18-20(10(21)19(3)8(13)14)6-4(11)2-5(12)7(17-6)22-9(15)16/h2,8-9H,1H3. The molecular formula is C10H6Cl2F4N4OS. The second-order valence-electron chi connectivity index (χ2n) is 3.85. The van der Waals surface area contributed by atoms with Crippen LogP contribution in [0.1, 0.15) is 12.4 Å². The quantitative estimate of drug-likeness (QED) is 0.602. The van der Waals surface area contributed by atoms with Crippen LogP contribution in [0.2, 0.25) is 10.0 Å². The summed E-state index contributed by atoms with van der Waals surface area (Å²) in [5, 5.41) is 2.97. The van der Waals surface area contributed by atoms with Gasteiger partial charge in [-0.05, 0) is 24.8 Å². The van der Waals surface area contributed by atoms with E-state index in [0.717, 1.165) is 6.07 Å². The summed E-state index contributed by atoms with van der Waals surface area (Å²) in [5.41, 5.74) is -1.20. The molecule has 0 saturated carbocycles. The molecule has 2 heterocycles. The molecule has 2 aromatic rings. The van der Waals surface area contributed by atoms with Crippen molar-refractivity contribution >= 4 is 35.0 Å². The van der Waals surface area contributed by atoms with Gasteiger partial charge < -0.3 is 0 Å². The third-order valence-corrected chi connectivity index (χ3v) is 3.85. The van der Waals surface area contributed by atoms with Gasteiger partial charge in [-0.3, -0.25) is 0 Å². The van der Waals surface area contributed by atoms with Gasteiger partial charge in [0.15, 0.2) is 5.82 Å². The van der Waals surface area contributed by atoms with E-state index in [9.17, 15) is 22.4 Å². The monoisotopic (exact) mass is 376 g/mol. The smallest absolute Gasteiger partial charge is 0.245 e. The van der Waals surface area contributed by atoms with Gasteiger partial charge in [0.05, 0.1) is 10.0 Å². The molecule has 0 fully saturated rings. The summed E-state index contributed by atoms with van der Waals surface area (Å²) in [6, 6.07) is 1.08. The van der Waals surface area contributed by atoms with Crippen LogP contribution in [0.15, 0.2) is 15.9 Å². The Labute approximate surface area is 134 Å². The summed E-state index contributed by atoms with van der Waals surface area (Å²) in [7, 11) is 0. The number of aromatic nitrogens is 4. The second-order valence-corrected chi connectivity index (χ2v) is 5.64. The van der Waals surface area contributed by atoms with Gasteiger partial charge in [-0.15, -0.1) is 5.10 Å². The van der Waals surface area contributed by atoms with Crippen LogP contribution in [0.25, 0.3) is 5.82 Å². The fraction of sp³-hybridized carbons (Fsp3) is 0.300. The number of pyridine rings is 1. The Balaban J connectivity index is 2.63. The maximum atomic E-state index is 12.8. The molecule has 0 unspecified atom stereocenters. The number of alkyl halides is 4. The van der Waals surface area contributed by atoms with Crippen LogP contribution in [-0.2, 0) is 0 Å². The van der Waals surface area contributed by atoms with Crippen LogP contribution in [0, 0.1) is 6.92 Å². The summed E-state index contributed by atoms with van der Waals surface area (Å²) in [6.45, 7) is -1.93. The molecule has 0 aliphatic rings. The fourth-order valence-corrected chi connectivity index (χ4v) is 2.65. The van der Waals surface area contributed by atoms with E-state index in [1.807, 2.05) is 0 Å². The lowest BCUT2D eigenvalue weighted by Gasteiger charge is -2.07. The Morgan fingerprint density at radius 2 is 1.86 bits per heavy atom. The van der Waals surface area contributed by atoms with Crippen LogP contribution in [-0.4, -0.2) is 25.1 Å². The second kappa shape index (κ2) is 6.47. The number of halogens is 6. The number of hydrogen-bond donors (Lipinski definition) is 0. The molecule has 2 rings (SSSR count). The Morgan fingerprint density at radius 1 is 1.23 bits per heavy atom. The van der Waals surface area contributed by atoms with Crippen molar-refractivity contribution in [3.8, 4) is 5.82 Å². The predicted molar refractivity (Wildman–Crippen MR) is 73.5 cm³/mol. The third kappa shape index (κ3) is 3.23. The van der Waals surface area contributed by atoms with Crippen molar-refractivity contribution in [3.63, 3.8) is 0 Å². The van der Waals surface area contributed by atoms with Gasteiger partial charge in [0, 0.05) is 0 Å². The van der Waals surface area contributed by atoms with E-state index >= 15 is 0 Å². The first-order valence-electron chi connectivity index (χ1n) is 5.50. The van der Waals surface area contributed by atoms with E-state index in [1.165, 1.54) is 6.92 Å². The van der Waals surface area contributed by atoms with Crippen LogP contribution in [0.4, 0.5) is 17.6 Å². The first kappa shape index (κ1) is 17.1. The predicted octanol–water partition coefficient (Wildman–Crippen LogP) is 3.75. The van der Waals surface area contributed by atoms with Gasteiger partial charge in [0.2, 0.25) is 0 Å². The molecule has 0 atom stereocenters. The van der Waals surface area contributed by atoms with E-state index < -0.39 is 18.0 Å². The first-order chi connectivity index (χ1) is 10.2. The lowest BCUT2D eigenvalue weighted by molar-refractivity contribution is 0.0640. The summed E-state index contributed by atoms with van der Waals surface area (Å²) < 4.78 is 51.0. The highest BCUT2D eigenvalue weighted by Gasteiger charge is 2.22. The molecule has 0 bridgehead atoms. The van der Waals surface area contributed by atoms with E-state index in [-0.39, 0.29) is 43.0 Å². The first-order valence-corrected chi connectivity index (χ1v) is 7.13.